The summed E-state index contributed by atoms with van der Waals surface area (Å²) in [5.74, 6) is -0.337. The van der Waals surface area contributed by atoms with Crippen molar-refractivity contribution in [3.05, 3.63) is 59.9 Å². The van der Waals surface area contributed by atoms with E-state index >= 15 is 0 Å². The number of oxazole rings is 1. The van der Waals surface area contributed by atoms with Crippen LogP contribution < -0.4 is 5.32 Å². The van der Waals surface area contributed by atoms with E-state index in [0.29, 0.717) is 23.8 Å². The lowest BCUT2D eigenvalue weighted by Crippen LogP contribution is -2.32. The molecule has 0 bridgehead atoms. The van der Waals surface area contributed by atoms with E-state index in [4.69, 9.17) is 4.42 Å². The summed E-state index contributed by atoms with van der Waals surface area (Å²) >= 11 is 1.29. The smallest absolute Gasteiger partial charge is 0.257 e. The van der Waals surface area contributed by atoms with Gasteiger partial charge < -0.3 is 9.73 Å². The van der Waals surface area contributed by atoms with Crippen LogP contribution in [0.15, 0.2) is 58.2 Å². The molecule has 0 saturated carbocycles. The van der Waals surface area contributed by atoms with Gasteiger partial charge in [-0.2, -0.15) is 0 Å². The maximum Gasteiger partial charge on any atom is 0.257 e. The number of carbonyl (C=O) groups is 1. The Bertz CT molecular complexity index is 799. The van der Waals surface area contributed by atoms with Gasteiger partial charge in [0, 0.05) is 6.54 Å². The van der Waals surface area contributed by atoms with E-state index in [1.54, 1.807) is 12.1 Å². The molecular weight excluding hydrogens is 327 g/mol. The predicted octanol–water partition coefficient (Wildman–Crippen LogP) is 3.81. The molecule has 0 aliphatic rings. The number of fused-ring (bicyclic) bond motifs is 1. The van der Waals surface area contributed by atoms with Crippen LogP contribution in [0.2, 0.25) is 0 Å². The SMILES string of the molecule is C[C@@H](Sc1nc2ccccc2o1)C(=O)NCCc1ccc(F)cc1. The number of carbonyl (C=O) groups excluding carboxylic acids is 1. The van der Waals surface area contributed by atoms with Gasteiger partial charge in [-0.25, -0.2) is 9.37 Å². The summed E-state index contributed by atoms with van der Waals surface area (Å²) in [6, 6.07) is 13.8. The van der Waals surface area contributed by atoms with Crippen LogP contribution >= 0.6 is 11.8 Å². The molecule has 0 aliphatic heterocycles. The van der Waals surface area contributed by atoms with Gasteiger partial charge in [0.25, 0.3) is 5.22 Å². The first-order valence-electron chi connectivity index (χ1n) is 7.66. The summed E-state index contributed by atoms with van der Waals surface area (Å²) in [5, 5.41) is 3.05. The predicted molar refractivity (Wildman–Crippen MR) is 92.4 cm³/mol. The quantitative estimate of drug-likeness (QED) is 0.691. The Morgan fingerprint density at radius 3 is 2.75 bits per heavy atom. The van der Waals surface area contributed by atoms with Crippen molar-refractivity contribution in [2.24, 2.45) is 0 Å². The molecule has 24 heavy (non-hydrogen) atoms. The molecule has 0 aliphatic carbocycles. The van der Waals surface area contributed by atoms with Gasteiger partial charge in [-0.05, 0) is 43.2 Å². The van der Waals surface area contributed by atoms with E-state index in [9.17, 15) is 9.18 Å². The lowest BCUT2D eigenvalue weighted by atomic mass is 10.1. The molecule has 0 spiro atoms. The Morgan fingerprint density at radius 1 is 1.25 bits per heavy atom. The van der Waals surface area contributed by atoms with E-state index < -0.39 is 0 Å². The highest BCUT2D eigenvalue weighted by Gasteiger charge is 2.17. The van der Waals surface area contributed by atoms with Gasteiger partial charge in [0.15, 0.2) is 5.58 Å². The molecule has 3 rings (SSSR count). The van der Waals surface area contributed by atoms with E-state index in [0.717, 1.165) is 11.1 Å². The number of benzene rings is 2. The fraction of sp³-hybridized carbons (Fsp3) is 0.222. The van der Waals surface area contributed by atoms with Crippen molar-refractivity contribution in [1.29, 1.82) is 0 Å². The number of para-hydroxylation sites is 2. The molecule has 6 heteroatoms. The zero-order valence-electron chi connectivity index (χ0n) is 13.2. The zero-order chi connectivity index (χ0) is 16.9. The molecule has 1 heterocycles. The standard InChI is InChI=1S/C18H17FN2O2S/c1-12(24-18-21-15-4-2-3-5-16(15)23-18)17(22)20-11-10-13-6-8-14(19)9-7-13/h2-9,12H,10-11H2,1H3,(H,20,22)/t12-/m1/s1. The van der Waals surface area contributed by atoms with Crippen molar-refractivity contribution in [3.8, 4) is 0 Å². The Labute approximate surface area is 143 Å². The summed E-state index contributed by atoms with van der Waals surface area (Å²) in [5.41, 5.74) is 2.48. The van der Waals surface area contributed by atoms with Crippen molar-refractivity contribution < 1.29 is 13.6 Å². The first kappa shape index (κ1) is 16.5. The second-order valence-electron chi connectivity index (χ2n) is 5.38. The summed E-state index contributed by atoms with van der Waals surface area (Å²) in [6.07, 6.45) is 0.659. The van der Waals surface area contributed by atoms with Gasteiger partial charge in [0.05, 0.1) is 5.25 Å². The molecular formula is C18H17FN2O2S. The number of amides is 1. The van der Waals surface area contributed by atoms with Crippen molar-refractivity contribution >= 4 is 28.8 Å². The molecule has 0 radical (unpaired) electrons. The van der Waals surface area contributed by atoms with Crippen LogP contribution in [-0.4, -0.2) is 22.7 Å². The average molecular weight is 344 g/mol. The maximum absolute atomic E-state index is 12.8. The first-order chi connectivity index (χ1) is 11.6. The minimum absolute atomic E-state index is 0.0793. The third-order valence-corrected chi connectivity index (χ3v) is 4.49. The normalized spacial score (nSPS) is 12.2. The van der Waals surface area contributed by atoms with E-state index in [2.05, 4.69) is 10.3 Å². The Hall–Kier alpha value is -2.34. The number of nitrogens with zero attached hydrogens (tertiary/aromatic N) is 1. The summed E-state index contributed by atoms with van der Waals surface area (Å²) in [4.78, 5) is 16.5. The van der Waals surface area contributed by atoms with Gasteiger partial charge in [-0.15, -0.1) is 0 Å². The number of rotatable bonds is 6. The molecule has 1 N–H and O–H groups in total. The summed E-state index contributed by atoms with van der Waals surface area (Å²) in [6.45, 7) is 2.32. The average Bonchev–Trinajstić information content (AvgIpc) is 2.98. The van der Waals surface area contributed by atoms with Crippen LogP contribution in [0, 0.1) is 5.82 Å². The molecule has 1 amide bonds. The largest absolute Gasteiger partial charge is 0.431 e. The highest BCUT2D eigenvalue weighted by atomic mass is 32.2. The third kappa shape index (κ3) is 4.14. The van der Waals surface area contributed by atoms with Gasteiger partial charge in [-0.3, -0.25) is 4.79 Å². The second-order valence-corrected chi connectivity index (χ2v) is 6.67. The van der Waals surface area contributed by atoms with Gasteiger partial charge in [0.2, 0.25) is 5.91 Å². The fourth-order valence-corrected chi connectivity index (χ4v) is 3.01. The van der Waals surface area contributed by atoms with Crippen LogP contribution in [0.3, 0.4) is 0 Å². The van der Waals surface area contributed by atoms with E-state index in [1.807, 2.05) is 31.2 Å². The molecule has 0 saturated heterocycles. The minimum Gasteiger partial charge on any atom is -0.431 e. The zero-order valence-corrected chi connectivity index (χ0v) is 14.0. The van der Waals surface area contributed by atoms with Gasteiger partial charge in [-0.1, -0.05) is 36.0 Å². The minimum atomic E-state index is -0.314. The Kier molecular flexibility index (Phi) is 5.15. The number of nitrogens with one attached hydrogen (secondary N) is 1. The van der Waals surface area contributed by atoms with Gasteiger partial charge in [0.1, 0.15) is 11.3 Å². The topological polar surface area (TPSA) is 55.1 Å². The highest BCUT2D eigenvalue weighted by Crippen LogP contribution is 2.26. The summed E-state index contributed by atoms with van der Waals surface area (Å²) in [7, 11) is 0. The number of aromatic nitrogens is 1. The molecule has 4 nitrogen and oxygen atoms in total. The third-order valence-electron chi connectivity index (χ3n) is 3.55. The van der Waals surface area contributed by atoms with Crippen molar-refractivity contribution in [2.45, 2.75) is 23.8 Å². The van der Waals surface area contributed by atoms with Crippen molar-refractivity contribution in [2.75, 3.05) is 6.54 Å². The van der Waals surface area contributed by atoms with Crippen LogP contribution in [0.25, 0.3) is 11.1 Å². The molecule has 0 fully saturated rings. The fourth-order valence-electron chi connectivity index (χ4n) is 2.23. The second kappa shape index (κ2) is 7.49. The molecule has 124 valence electrons. The van der Waals surface area contributed by atoms with Crippen LogP contribution in [0.1, 0.15) is 12.5 Å². The lowest BCUT2D eigenvalue weighted by Gasteiger charge is -2.10. The Morgan fingerprint density at radius 2 is 2.00 bits per heavy atom. The van der Waals surface area contributed by atoms with E-state index in [1.165, 1.54) is 23.9 Å². The number of hydrogen-bond donors (Lipinski definition) is 1. The van der Waals surface area contributed by atoms with Gasteiger partial charge >= 0.3 is 0 Å². The van der Waals surface area contributed by atoms with Crippen LogP contribution in [0.4, 0.5) is 4.39 Å². The number of hydrogen-bond acceptors (Lipinski definition) is 4. The van der Waals surface area contributed by atoms with Crippen molar-refractivity contribution in [3.63, 3.8) is 0 Å². The number of halogens is 1. The molecule has 3 aromatic rings. The van der Waals surface area contributed by atoms with E-state index in [-0.39, 0.29) is 17.0 Å². The van der Waals surface area contributed by atoms with Crippen molar-refractivity contribution in [1.82, 2.24) is 10.3 Å². The van der Waals surface area contributed by atoms with Crippen LogP contribution in [0.5, 0.6) is 0 Å². The maximum atomic E-state index is 12.8. The molecule has 0 unspecified atom stereocenters. The number of thioether (sulfide) groups is 1. The Balaban J connectivity index is 1.50. The molecule has 1 atom stereocenters. The lowest BCUT2D eigenvalue weighted by molar-refractivity contribution is -0.120. The molecule has 2 aromatic carbocycles. The summed E-state index contributed by atoms with van der Waals surface area (Å²) < 4.78 is 18.4. The van der Waals surface area contributed by atoms with Crippen LogP contribution in [-0.2, 0) is 11.2 Å². The first-order valence-corrected chi connectivity index (χ1v) is 8.54. The monoisotopic (exact) mass is 344 g/mol. The highest BCUT2D eigenvalue weighted by molar-refractivity contribution is 8.00. The molecule has 1 aromatic heterocycles.